The standard InChI is InChI=1S/C14H17N3OS/c1-4-18-13-6-5-12(7-10(13)2)8-15-17-14-16-11(3)9-19-14/h5-9H,4H2,1-3H3,(H,16,17). The highest BCUT2D eigenvalue weighted by molar-refractivity contribution is 7.13. The number of hydrogen-bond acceptors (Lipinski definition) is 5. The molecule has 1 aromatic carbocycles. The van der Waals surface area contributed by atoms with E-state index in [9.17, 15) is 0 Å². The van der Waals surface area contributed by atoms with Gasteiger partial charge in [-0.15, -0.1) is 11.3 Å². The van der Waals surface area contributed by atoms with Gasteiger partial charge < -0.3 is 4.74 Å². The summed E-state index contributed by atoms with van der Waals surface area (Å²) in [5.74, 6) is 0.920. The van der Waals surface area contributed by atoms with Crippen LogP contribution in [0.2, 0.25) is 0 Å². The predicted octanol–water partition coefficient (Wildman–Crippen LogP) is 3.60. The van der Waals surface area contributed by atoms with Gasteiger partial charge in [0.15, 0.2) is 0 Å². The number of hydrogen-bond donors (Lipinski definition) is 1. The first-order chi connectivity index (χ1) is 9.19. The lowest BCUT2D eigenvalue weighted by Crippen LogP contribution is -1.95. The minimum Gasteiger partial charge on any atom is -0.494 e. The molecule has 0 radical (unpaired) electrons. The van der Waals surface area contributed by atoms with E-state index in [1.165, 1.54) is 0 Å². The van der Waals surface area contributed by atoms with Gasteiger partial charge in [-0.05, 0) is 50.1 Å². The third-order valence-electron chi connectivity index (χ3n) is 2.49. The Hall–Kier alpha value is -1.88. The van der Waals surface area contributed by atoms with E-state index in [0.717, 1.165) is 27.7 Å². The van der Waals surface area contributed by atoms with Gasteiger partial charge in [-0.1, -0.05) is 0 Å². The Morgan fingerprint density at radius 2 is 2.26 bits per heavy atom. The van der Waals surface area contributed by atoms with Gasteiger partial charge in [0, 0.05) is 5.38 Å². The topological polar surface area (TPSA) is 46.5 Å². The van der Waals surface area contributed by atoms with E-state index in [1.54, 1.807) is 17.6 Å². The predicted molar refractivity (Wildman–Crippen MR) is 80.4 cm³/mol. The second-order valence-corrected chi connectivity index (χ2v) is 4.98. The van der Waals surface area contributed by atoms with E-state index in [4.69, 9.17) is 4.74 Å². The van der Waals surface area contributed by atoms with E-state index in [-0.39, 0.29) is 0 Å². The largest absolute Gasteiger partial charge is 0.494 e. The van der Waals surface area contributed by atoms with Crippen molar-refractivity contribution in [3.8, 4) is 5.75 Å². The maximum Gasteiger partial charge on any atom is 0.203 e. The molecule has 0 aliphatic carbocycles. The van der Waals surface area contributed by atoms with Crippen molar-refractivity contribution in [2.24, 2.45) is 5.10 Å². The van der Waals surface area contributed by atoms with Crippen LogP contribution in [0.1, 0.15) is 23.7 Å². The van der Waals surface area contributed by atoms with Crippen LogP contribution in [-0.4, -0.2) is 17.8 Å². The smallest absolute Gasteiger partial charge is 0.203 e. The van der Waals surface area contributed by atoms with E-state index in [1.807, 2.05) is 44.4 Å². The third-order valence-corrected chi connectivity index (χ3v) is 3.36. The van der Waals surface area contributed by atoms with Gasteiger partial charge in [0.2, 0.25) is 5.13 Å². The lowest BCUT2D eigenvalue weighted by molar-refractivity contribution is 0.338. The van der Waals surface area contributed by atoms with Crippen molar-refractivity contribution in [3.05, 3.63) is 40.4 Å². The number of ether oxygens (including phenoxy) is 1. The van der Waals surface area contributed by atoms with Gasteiger partial charge >= 0.3 is 0 Å². The molecule has 5 heteroatoms. The first-order valence-electron chi connectivity index (χ1n) is 6.13. The van der Waals surface area contributed by atoms with Crippen LogP contribution < -0.4 is 10.2 Å². The Kier molecular flexibility index (Phi) is 4.52. The molecule has 0 spiro atoms. The Bertz CT molecular complexity index is 578. The number of thiazole rings is 1. The number of nitrogens with zero attached hydrogens (tertiary/aromatic N) is 2. The van der Waals surface area contributed by atoms with Crippen molar-refractivity contribution in [3.63, 3.8) is 0 Å². The SMILES string of the molecule is CCOc1ccc(C=NNc2nc(C)cs2)cc1C. The molecule has 2 rings (SSSR count). The molecule has 1 aromatic heterocycles. The zero-order chi connectivity index (χ0) is 13.7. The average molecular weight is 275 g/mol. The minimum atomic E-state index is 0.680. The number of hydrazone groups is 1. The highest BCUT2D eigenvalue weighted by Gasteiger charge is 1.99. The summed E-state index contributed by atoms with van der Waals surface area (Å²) >= 11 is 1.54. The molecular weight excluding hydrogens is 258 g/mol. The second-order valence-electron chi connectivity index (χ2n) is 4.12. The Morgan fingerprint density at radius 1 is 1.42 bits per heavy atom. The van der Waals surface area contributed by atoms with Crippen LogP contribution in [0.25, 0.3) is 0 Å². The summed E-state index contributed by atoms with van der Waals surface area (Å²) in [6.07, 6.45) is 1.78. The van der Waals surface area contributed by atoms with E-state index in [0.29, 0.717) is 6.61 Å². The summed E-state index contributed by atoms with van der Waals surface area (Å²) in [5.41, 5.74) is 6.06. The number of anilines is 1. The van der Waals surface area contributed by atoms with Crippen LogP contribution in [0, 0.1) is 13.8 Å². The Labute approximate surface area is 117 Å². The zero-order valence-corrected chi connectivity index (χ0v) is 12.1. The molecule has 0 amide bonds. The second kappa shape index (κ2) is 6.33. The fourth-order valence-corrected chi connectivity index (χ4v) is 2.27. The summed E-state index contributed by atoms with van der Waals surface area (Å²) in [7, 11) is 0. The molecule has 0 unspecified atom stereocenters. The lowest BCUT2D eigenvalue weighted by Gasteiger charge is -2.06. The Balaban J connectivity index is 2.00. The number of nitrogens with one attached hydrogen (secondary N) is 1. The molecule has 1 heterocycles. The van der Waals surface area contributed by atoms with Gasteiger partial charge in [-0.2, -0.15) is 5.10 Å². The third kappa shape index (κ3) is 3.79. The number of rotatable bonds is 5. The molecule has 2 aromatic rings. The van der Waals surface area contributed by atoms with Crippen molar-refractivity contribution in [1.29, 1.82) is 0 Å². The number of aryl methyl sites for hydroxylation is 2. The molecule has 0 aliphatic rings. The van der Waals surface area contributed by atoms with Crippen LogP contribution in [-0.2, 0) is 0 Å². The molecule has 0 atom stereocenters. The zero-order valence-electron chi connectivity index (χ0n) is 11.3. The van der Waals surface area contributed by atoms with Crippen molar-refractivity contribution in [1.82, 2.24) is 4.98 Å². The van der Waals surface area contributed by atoms with Crippen LogP contribution in [0.15, 0.2) is 28.7 Å². The summed E-state index contributed by atoms with van der Waals surface area (Å²) in [5, 5.41) is 6.96. The molecule has 0 saturated heterocycles. The molecule has 0 fully saturated rings. The summed E-state index contributed by atoms with van der Waals surface area (Å²) < 4.78 is 5.50. The fourth-order valence-electron chi connectivity index (χ4n) is 1.64. The van der Waals surface area contributed by atoms with Crippen LogP contribution in [0.4, 0.5) is 5.13 Å². The number of benzene rings is 1. The quantitative estimate of drug-likeness (QED) is 0.670. The monoisotopic (exact) mass is 275 g/mol. The maximum absolute atomic E-state index is 5.50. The Morgan fingerprint density at radius 3 is 2.89 bits per heavy atom. The van der Waals surface area contributed by atoms with Crippen LogP contribution >= 0.6 is 11.3 Å². The normalized spacial score (nSPS) is 10.9. The molecule has 19 heavy (non-hydrogen) atoms. The molecular formula is C14H17N3OS. The molecule has 0 aliphatic heterocycles. The van der Waals surface area contributed by atoms with Gasteiger partial charge in [0.1, 0.15) is 5.75 Å². The van der Waals surface area contributed by atoms with Gasteiger partial charge in [0.05, 0.1) is 18.5 Å². The first kappa shape index (κ1) is 13.5. The molecule has 1 N–H and O–H groups in total. The lowest BCUT2D eigenvalue weighted by atomic mass is 10.1. The number of aromatic nitrogens is 1. The van der Waals surface area contributed by atoms with E-state index in [2.05, 4.69) is 15.5 Å². The molecule has 4 nitrogen and oxygen atoms in total. The minimum absolute atomic E-state index is 0.680. The average Bonchev–Trinajstić information content (AvgIpc) is 2.79. The van der Waals surface area contributed by atoms with Crippen molar-refractivity contribution < 1.29 is 4.74 Å². The van der Waals surface area contributed by atoms with Crippen molar-refractivity contribution in [2.45, 2.75) is 20.8 Å². The van der Waals surface area contributed by atoms with E-state index >= 15 is 0 Å². The molecule has 0 bridgehead atoms. The van der Waals surface area contributed by atoms with Crippen LogP contribution in [0.5, 0.6) is 5.75 Å². The molecule has 100 valence electrons. The molecule has 0 saturated carbocycles. The summed E-state index contributed by atoms with van der Waals surface area (Å²) in [6, 6.07) is 5.99. The van der Waals surface area contributed by atoms with Crippen molar-refractivity contribution >= 4 is 22.7 Å². The highest BCUT2D eigenvalue weighted by Crippen LogP contribution is 2.18. The highest BCUT2D eigenvalue weighted by atomic mass is 32.1. The summed E-state index contributed by atoms with van der Waals surface area (Å²) in [6.45, 7) is 6.65. The van der Waals surface area contributed by atoms with Gasteiger partial charge in [-0.25, -0.2) is 4.98 Å². The van der Waals surface area contributed by atoms with Crippen molar-refractivity contribution in [2.75, 3.05) is 12.0 Å². The van der Waals surface area contributed by atoms with Gasteiger partial charge in [0.25, 0.3) is 0 Å². The van der Waals surface area contributed by atoms with E-state index < -0.39 is 0 Å². The maximum atomic E-state index is 5.50. The fraction of sp³-hybridized carbons (Fsp3) is 0.286. The van der Waals surface area contributed by atoms with Gasteiger partial charge in [-0.3, -0.25) is 5.43 Å². The van der Waals surface area contributed by atoms with Crippen LogP contribution in [0.3, 0.4) is 0 Å². The summed E-state index contributed by atoms with van der Waals surface area (Å²) in [4.78, 5) is 4.27. The first-order valence-corrected chi connectivity index (χ1v) is 7.01.